The Labute approximate surface area is 105 Å². The van der Waals surface area contributed by atoms with Crippen molar-refractivity contribution >= 4 is 16.2 Å². The first-order valence-electron chi connectivity index (χ1n) is 5.43. The fraction of sp³-hybridized carbons (Fsp3) is 0.200. The molecule has 16 heavy (non-hydrogen) atoms. The average molecular weight is 271 g/mol. The molecule has 0 heterocycles. The van der Waals surface area contributed by atoms with Crippen LogP contribution in [0.15, 0.2) is 68.6 Å². The summed E-state index contributed by atoms with van der Waals surface area (Å²) in [4.78, 5) is 0. The van der Waals surface area contributed by atoms with Gasteiger partial charge in [0.05, 0.1) is 0 Å². The molecule has 0 unspecified atom stereocenters. The van der Waals surface area contributed by atoms with E-state index in [4.69, 9.17) is 0 Å². The van der Waals surface area contributed by atoms with Gasteiger partial charge in [-0.25, -0.2) is 0 Å². The second kappa shape index (κ2) is 8.25. The molecule has 0 atom stereocenters. The van der Waals surface area contributed by atoms with Crippen LogP contribution >= 0.6 is 0 Å². The van der Waals surface area contributed by atoms with Gasteiger partial charge < -0.3 is 0 Å². The van der Waals surface area contributed by atoms with Crippen molar-refractivity contribution in [2.45, 2.75) is 20.8 Å². The van der Waals surface area contributed by atoms with Gasteiger partial charge in [-0.15, -0.1) is 0 Å². The molecule has 0 aliphatic carbocycles. The molecule has 0 aromatic rings. The predicted octanol–water partition coefficient (Wildman–Crippen LogP) is 4.50. The van der Waals surface area contributed by atoms with Crippen molar-refractivity contribution in [3.05, 3.63) is 68.6 Å². The molecule has 0 nitrogen and oxygen atoms in total. The Morgan fingerprint density at radius 2 is 0.938 bits per heavy atom. The Kier molecular flexibility index (Phi) is 7.78. The van der Waals surface area contributed by atoms with Crippen LogP contribution in [0.4, 0.5) is 0 Å². The standard InChI is InChI=1S/3C5H7.Ga/c3*1-4-5(2)3;/h3*1,4H,2H2,3H3;. The van der Waals surface area contributed by atoms with Gasteiger partial charge in [0.1, 0.15) is 0 Å². The van der Waals surface area contributed by atoms with Crippen molar-refractivity contribution < 1.29 is 0 Å². The average Bonchev–Trinajstić information content (AvgIpc) is 2.15. The minimum atomic E-state index is -1.61. The Hall–Kier alpha value is -0.924. The summed E-state index contributed by atoms with van der Waals surface area (Å²) in [7, 11) is 0. The summed E-state index contributed by atoms with van der Waals surface area (Å²) < 4.78 is 6.90. The van der Waals surface area contributed by atoms with E-state index < -0.39 is 16.2 Å². The first-order valence-corrected chi connectivity index (χ1v) is 9.62. The second-order valence-electron chi connectivity index (χ2n) is 4.19. The third-order valence-corrected chi connectivity index (χ3v) is 5.82. The molecule has 84 valence electrons. The first-order chi connectivity index (χ1) is 7.41. The quantitative estimate of drug-likeness (QED) is 0.493. The van der Waals surface area contributed by atoms with Gasteiger partial charge in [0.15, 0.2) is 0 Å². The van der Waals surface area contributed by atoms with Crippen LogP contribution in [0.5, 0.6) is 0 Å². The SMILES string of the molecule is C=C(C)C=[CH][Ga]([CH]=CC(=C)C)[CH]=CC(=C)C. The molecular formula is C15H21Ga. The zero-order valence-corrected chi connectivity index (χ0v) is 13.1. The van der Waals surface area contributed by atoms with E-state index in [2.05, 4.69) is 51.9 Å². The van der Waals surface area contributed by atoms with Crippen LogP contribution in [0.1, 0.15) is 20.8 Å². The zero-order valence-electron chi connectivity index (χ0n) is 10.7. The molecule has 0 spiro atoms. The van der Waals surface area contributed by atoms with E-state index in [0.717, 1.165) is 16.7 Å². The number of allylic oxidation sites excluding steroid dienone is 6. The Morgan fingerprint density at radius 3 is 1.12 bits per heavy atom. The molecule has 0 fully saturated rings. The molecule has 0 radical (unpaired) electrons. The summed E-state index contributed by atoms with van der Waals surface area (Å²) in [6.45, 7) is 17.7. The summed E-state index contributed by atoms with van der Waals surface area (Å²) >= 11 is -1.61. The molecule has 0 aliphatic heterocycles. The molecule has 0 saturated heterocycles. The third-order valence-electron chi connectivity index (χ3n) is 1.81. The first kappa shape index (κ1) is 15.1. The fourth-order valence-corrected chi connectivity index (χ4v) is 5.29. The monoisotopic (exact) mass is 270 g/mol. The minimum absolute atomic E-state index is 1.10. The molecule has 1 heteroatoms. The van der Waals surface area contributed by atoms with Gasteiger partial charge in [-0.3, -0.25) is 0 Å². The van der Waals surface area contributed by atoms with Gasteiger partial charge in [0, 0.05) is 0 Å². The third kappa shape index (κ3) is 9.62. The van der Waals surface area contributed by atoms with Gasteiger partial charge in [-0.2, -0.15) is 0 Å². The molecular weight excluding hydrogens is 250 g/mol. The second-order valence-corrected chi connectivity index (χ2v) is 9.04. The number of hydrogen-bond acceptors (Lipinski definition) is 0. The Morgan fingerprint density at radius 1 is 0.688 bits per heavy atom. The van der Waals surface area contributed by atoms with Crippen LogP contribution in [0.3, 0.4) is 0 Å². The van der Waals surface area contributed by atoms with Gasteiger partial charge in [0.25, 0.3) is 0 Å². The van der Waals surface area contributed by atoms with E-state index in [1.54, 1.807) is 0 Å². The van der Waals surface area contributed by atoms with Crippen molar-refractivity contribution in [3.63, 3.8) is 0 Å². The molecule has 0 N–H and O–H groups in total. The van der Waals surface area contributed by atoms with Crippen LogP contribution in [0.25, 0.3) is 0 Å². The van der Waals surface area contributed by atoms with Crippen LogP contribution in [0.2, 0.25) is 0 Å². The maximum atomic E-state index is 3.88. The van der Waals surface area contributed by atoms with Crippen molar-refractivity contribution in [2.75, 3.05) is 0 Å². The van der Waals surface area contributed by atoms with Gasteiger partial charge >= 0.3 is 106 Å². The van der Waals surface area contributed by atoms with Crippen molar-refractivity contribution in [2.24, 2.45) is 0 Å². The molecule has 0 saturated carbocycles. The summed E-state index contributed by atoms with van der Waals surface area (Å²) in [6, 6.07) is 0. The number of rotatable bonds is 6. The van der Waals surface area contributed by atoms with E-state index >= 15 is 0 Å². The molecule has 0 bridgehead atoms. The Balaban J connectivity index is 4.69. The molecule has 0 rings (SSSR count). The maximum absolute atomic E-state index is 3.88. The predicted molar refractivity (Wildman–Crippen MR) is 77.6 cm³/mol. The van der Waals surface area contributed by atoms with E-state index in [9.17, 15) is 0 Å². The molecule has 0 aliphatic rings. The van der Waals surface area contributed by atoms with Crippen molar-refractivity contribution in [3.8, 4) is 0 Å². The van der Waals surface area contributed by atoms with E-state index in [1.807, 2.05) is 20.8 Å². The zero-order chi connectivity index (χ0) is 12.6. The molecule has 0 amide bonds. The summed E-state index contributed by atoms with van der Waals surface area (Å²) in [5.74, 6) is 0. The normalized spacial score (nSPS) is 11.4. The van der Waals surface area contributed by atoms with Gasteiger partial charge in [0.2, 0.25) is 0 Å². The number of hydrogen-bond donors (Lipinski definition) is 0. The van der Waals surface area contributed by atoms with Crippen LogP contribution in [0, 0.1) is 0 Å². The topological polar surface area (TPSA) is 0 Å². The molecule has 0 aromatic heterocycles. The molecule has 0 aromatic carbocycles. The summed E-state index contributed by atoms with van der Waals surface area (Å²) in [5.41, 5.74) is 3.30. The van der Waals surface area contributed by atoms with E-state index in [0.29, 0.717) is 0 Å². The van der Waals surface area contributed by atoms with Gasteiger partial charge in [-0.1, -0.05) is 0 Å². The van der Waals surface area contributed by atoms with Crippen LogP contribution in [-0.4, -0.2) is 16.2 Å². The van der Waals surface area contributed by atoms with E-state index in [1.165, 1.54) is 0 Å². The summed E-state index contributed by atoms with van der Waals surface area (Å²) in [6.07, 6.45) is 6.32. The van der Waals surface area contributed by atoms with Crippen LogP contribution < -0.4 is 0 Å². The van der Waals surface area contributed by atoms with Gasteiger partial charge in [-0.05, 0) is 0 Å². The van der Waals surface area contributed by atoms with E-state index in [-0.39, 0.29) is 0 Å². The van der Waals surface area contributed by atoms with Crippen molar-refractivity contribution in [1.29, 1.82) is 0 Å². The summed E-state index contributed by atoms with van der Waals surface area (Å²) in [5, 5.41) is 0. The Bertz CT molecular complexity index is 297. The van der Waals surface area contributed by atoms with Crippen molar-refractivity contribution in [1.82, 2.24) is 0 Å². The van der Waals surface area contributed by atoms with Crippen LogP contribution in [-0.2, 0) is 0 Å². The fourth-order valence-electron chi connectivity index (χ4n) is 1.02.